The number of rotatable bonds is 2. The number of aryl methyl sites for hydroxylation is 1. The van der Waals surface area contributed by atoms with E-state index in [0.29, 0.717) is 12.3 Å². The van der Waals surface area contributed by atoms with E-state index < -0.39 is 0 Å². The van der Waals surface area contributed by atoms with Gasteiger partial charge >= 0.3 is 0 Å². The Morgan fingerprint density at radius 1 is 1.26 bits per heavy atom. The average molecular weight is 258 g/mol. The van der Waals surface area contributed by atoms with E-state index >= 15 is 0 Å². The Morgan fingerprint density at radius 2 is 2.11 bits per heavy atom. The molecule has 0 spiro atoms. The molecule has 19 heavy (non-hydrogen) atoms. The molecule has 1 aromatic rings. The highest BCUT2D eigenvalue weighted by atomic mass is 16.1. The van der Waals surface area contributed by atoms with Gasteiger partial charge in [-0.2, -0.15) is 0 Å². The Bertz CT molecular complexity index is 484. The maximum absolute atomic E-state index is 12.0. The maximum Gasteiger partial charge on any atom is 0.166 e. The van der Waals surface area contributed by atoms with Crippen LogP contribution in [0.1, 0.15) is 79.7 Å². The van der Waals surface area contributed by atoms with Gasteiger partial charge < -0.3 is 0 Å². The first-order valence-electron chi connectivity index (χ1n) is 7.67. The molecule has 102 valence electrons. The smallest absolute Gasteiger partial charge is 0.166 e. The molecule has 1 saturated carbocycles. The van der Waals surface area contributed by atoms with Crippen molar-refractivity contribution in [2.45, 2.75) is 64.2 Å². The number of hydrogen-bond donors (Lipinski definition) is 0. The van der Waals surface area contributed by atoms with Gasteiger partial charge in [-0.3, -0.25) is 4.79 Å². The van der Waals surface area contributed by atoms with Gasteiger partial charge in [0, 0.05) is 18.5 Å². The van der Waals surface area contributed by atoms with Crippen molar-refractivity contribution in [3.63, 3.8) is 0 Å². The molecule has 0 amide bonds. The highest BCUT2D eigenvalue weighted by Crippen LogP contribution is 2.38. The van der Waals surface area contributed by atoms with E-state index in [1.165, 1.54) is 25.7 Å². The fourth-order valence-electron chi connectivity index (χ4n) is 3.45. The normalized spacial score (nSPS) is 27.1. The molecule has 2 aliphatic rings. The molecule has 3 heteroatoms. The van der Waals surface area contributed by atoms with Gasteiger partial charge in [0.1, 0.15) is 5.82 Å². The van der Waals surface area contributed by atoms with Crippen molar-refractivity contribution in [2.24, 2.45) is 5.92 Å². The van der Waals surface area contributed by atoms with E-state index in [1.54, 1.807) is 6.20 Å². The first kappa shape index (κ1) is 12.8. The summed E-state index contributed by atoms with van der Waals surface area (Å²) in [4.78, 5) is 21.2. The van der Waals surface area contributed by atoms with Gasteiger partial charge in [0.2, 0.25) is 0 Å². The summed E-state index contributed by atoms with van der Waals surface area (Å²) < 4.78 is 0. The van der Waals surface area contributed by atoms with Crippen molar-refractivity contribution >= 4 is 5.78 Å². The molecule has 2 unspecified atom stereocenters. The number of hydrogen-bond acceptors (Lipinski definition) is 3. The topological polar surface area (TPSA) is 42.9 Å². The summed E-state index contributed by atoms with van der Waals surface area (Å²) in [6, 6.07) is 0. The third-order valence-corrected chi connectivity index (χ3v) is 4.74. The minimum atomic E-state index is 0.233. The molecule has 0 aliphatic heterocycles. The first-order valence-corrected chi connectivity index (χ1v) is 7.67. The van der Waals surface area contributed by atoms with E-state index in [4.69, 9.17) is 4.98 Å². The third kappa shape index (κ3) is 2.56. The molecule has 0 bridgehead atoms. The van der Waals surface area contributed by atoms with Crippen LogP contribution in [0.2, 0.25) is 0 Å². The Balaban J connectivity index is 1.85. The number of carbonyl (C=O) groups is 1. The zero-order valence-corrected chi connectivity index (χ0v) is 11.7. The van der Waals surface area contributed by atoms with Crippen LogP contribution in [-0.2, 0) is 6.42 Å². The molecule has 0 N–H and O–H groups in total. The summed E-state index contributed by atoms with van der Waals surface area (Å²) in [6.45, 7) is 2.27. The minimum absolute atomic E-state index is 0.233. The number of carbonyl (C=O) groups excluding carboxylic acids is 1. The van der Waals surface area contributed by atoms with Crippen molar-refractivity contribution < 1.29 is 4.79 Å². The van der Waals surface area contributed by atoms with E-state index in [1.807, 2.05) is 0 Å². The van der Waals surface area contributed by atoms with Crippen LogP contribution in [0.3, 0.4) is 0 Å². The molecule has 0 radical (unpaired) electrons. The summed E-state index contributed by atoms with van der Waals surface area (Å²) in [5.74, 6) is 2.59. The molecule has 0 aromatic carbocycles. The minimum Gasteiger partial charge on any atom is -0.294 e. The SMILES string of the molecule is CCC1CCC(c2ncc3c(n2)CCCCC3=O)C1. The van der Waals surface area contributed by atoms with Crippen LogP contribution in [0.25, 0.3) is 0 Å². The predicted molar refractivity (Wildman–Crippen MR) is 74.3 cm³/mol. The average Bonchev–Trinajstić information content (AvgIpc) is 2.84. The molecule has 3 rings (SSSR count). The second-order valence-electron chi connectivity index (χ2n) is 6.00. The van der Waals surface area contributed by atoms with Crippen LogP contribution < -0.4 is 0 Å². The monoisotopic (exact) mass is 258 g/mol. The van der Waals surface area contributed by atoms with Gasteiger partial charge in [0.15, 0.2) is 5.78 Å². The Morgan fingerprint density at radius 3 is 2.89 bits per heavy atom. The number of ketones is 1. The Hall–Kier alpha value is -1.25. The molecule has 0 saturated heterocycles. The van der Waals surface area contributed by atoms with Crippen molar-refractivity contribution in [3.05, 3.63) is 23.3 Å². The fraction of sp³-hybridized carbons (Fsp3) is 0.688. The molecule has 1 heterocycles. The van der Waals surface area contributed by atoms with Gasteiger partial charge in [0.05, 0.1) is 11.3 Å². The second-order valence-corrected chi connectivity index (χ2v) is 6.00. The maximum atomic E-state index is 12.0. The summed E-state index contributed by atoms with van der Waals surface area (Å²) in [5.41, 5.74) is 1.79. The molecule has 2 aliphatic carbocycles. The molecule has 3 nitrogen and oxygen atoms in total. The fourth-order valence-corrected chi connectivity index (χ4v) is 3.45. The van der Waals surface area contributed by atoms with Crippen molar-refractivity contribution in [3.8, 4) is 0 Å². The summed E-state index contributed by atoms with van der Waals surface area (Å²) in [6.07, 6.45) is 10.5. The summed E-state index contributed by atoms with van der Waals surface area (Å²) in [5, 5.41) is 0. The highest BCUT2D eigenvalue weighted by Gasteiger charge is 2.28. The standard InChI is InChI=1S/C16H22N2O/c1-2-11-7-8-12(9-11)16-17-10-13-14(18-16)5-3-4-6-15(13)19/h10-12H,2-9H2,1H3. The van der Waals surface area contributed by atoms with Gasteiger partial charge in [-0.1, -0.05) is 13.3 Å². The van der Waals surface area contributed by atoms with E-state index in [9.17, 15) is 4.79 Å². The summed E-state index contributed by atoms with van der Waals surface area (Å²) in [7, 11) is 0. The Labute approximate surface area is 114 Å². The van der Waals surface area contributed by atoms with Gasteiger partial charge in [-0.15, -0.1) is 0 Å². The van der Waals surface area contributed by atoms with Crippen LogP contribution in [0, 0.1) is 5.92 Å². The van der Waals surface area contributed by atoms with Crippen molar-refractivity contribution in [1.29, 1.82) is 0 Å². The lowest BCUT2D eigenvalue weighted by molar-refractivity contribution is 0.0981. The van der Waals surface area contributed by atoms with E-state index in [-0.39, 0.29) is 5.78 Å². The molecular weight excluding hydrogens is 236 g/mol. The van der Waals surface area contributed by atoms with Gasteiger partial charge in [0.25, 0.3) is 0 Å². The number of Topliss-reactive ketones (excluding diaryl/α,β-unsaturated/α-hetero) is 1. The lowest BCUT2D eigenvalue weighted by Crippen LogP contribution is -2.09. The van der Waals surface area contributed by atoms with Crippen molar-refractivity contribution in [1.82, 2.24) is 9.97 Å². The quantitative estimate of drug-likeness (QED) is 0.760. The second kappa shape index (κ2) is 5.40. The lowest BCUT2D eigenvalue weighted by Gasteiger charge is -2.11. The first-order chi connectivity index (χ1) is 9.28. The number of nitrogens with zero attached hydrogens (tertiary/aromatic N) is 2. The van der Waals surface area contributed by atoms with Gasteiger partial charge in [-0.05, 0) is 44.4 Å². The van der Waals surface area contributed by atoms with Crippen LogP contribution in [0.5, 0.6) is 0 Å². The lowest BCUT2D eigenvalue weighted by atomic mass is 10.0. The predicted octanol–water partition coefficient (Wildman–Crippen LogP) is 3.68. The number of fused-ring (bicyclic) bond motifs is 1. The molecular formula is C16H22N2O. The zero-order chi connectivity index (χ0) is 13.2. The zero-order valence-electron chi connectivity index (χ0n) is 11.7. The highest BCUT2D eigenvalue weighted by molar-refractivity contribution is 5.97. The molecule has 1 aromatic heterocycles. The van der Waals surface area contributed by atoms with E-state index in [0.717, 1.165) is 42.3 Å². The van der Waals surface area contributed by atoms with Crippen LogP contribution >= 0.6 is 0 Å². The Kier molecular flexibility index (Phi) is 3.63. The molecule has 2 atom stereocenters. The van der Waals surface area contributed by atoms with Crippen LogP contribution in [-0.4, -0.2) is 15.8 Å². The number of aromatic nitrogens is 2. The van der Waals surface area contributed by atoms with Crippen LogP contribution in [0.4, 0.5) is 0 Å². The van der Waals surface area contributed by atoms with Crippen LogP contribution in [0.15, 0.2) is 6.20 Å². The third-order valence-electron chi connectivity index (χ3n) is 4.74. The molecule has 1 fully saturated rings. The van der Waals surface area contributed by atoms with Crippen molar-refractivity contribution in [2.75, 3.05) is 0 Å². The largest absolute Gasteiger partial charge is 0.294 e. The summed E-state index contributed by atoms with van der Waals surface area (Å²) >= 11 is 0. The van der Waals surface area contributed by atoms with E-state index in [2.05, 4.69) is 11.9 Å². The van der Waals surface area contributed by atoms with Gasteiger partial charge in [-0.25, -0.2) is 9.97 Å².